The SMILES string of the molecule is Cl.[C-]#[N+]c1cc(CN(Cc2cc3c(cc2N(CC)CC2CCC(C(=O)OC)CC2)CCCC3)c2ccn(C)n2)cc(C(F)(F)F)c1. The number of carbonyl (C=O) groups is 1. The summed E-state index contributed by atoms with van der Waals surface area (Å²) >= 11 is 0. The Hall–Kier alpha value is -3.71. The van der Waals surface area contributed by atoms with E-state index < -0.39 is 11.7 Å². The van der Waals surface area contributed by atoms with E-state index in [0.717, 1.165) is 87.8 Å². The Morgan fingerprint density at radius 3 is 2.33 bits per heavy atom. The van der Waals surface area contributed by atoms with Crippen LogP contribution in [0.4, 0.5) is 30.4 Å². The first-order chi connectivity index (χ1) is 21.6. The molecule has 0 unspecified atom stereocenters. The third kappa shape index (κ3) is 8.35. The summed E-state index contributed by atoms with van der Waals surface area (Å²) in [5.41, 5.74) is 4.54. The van der Waals surface area contributed by atoms with Crippen molar-refractivity contribution in [1.82, 2.24) is 9.78 Å². The molecule has 1 aromatic heterocycles. The number of benzene rings is 2. The smallest absolute Gasteiger partial charge is 0.415 e. The van der Waals surface area contributed by atoms with Crippen LogP contribution in [0.5, 0.6) is 0 Å². The summed E-state index contributed by atoms with van der Waals surface area (Å²) in [6, 6.07) is 10.1. The summed E-state index contributed by atoms with van der Waals surface area (Å²) in [7, 11) is 3.27. The second kappa shape index (κ2) is 15.3. The molecule has 46 heavy (non-hydrogen) atoms. The lowest BCUT2D eigenvalue weighted by atomic mass is 9.81. The van der Waals surface area contributed by atoms with Crippen LogP contribution in [0.25, 0.3) is 4.85 Å². The van der Waals surface area contributed by atoms with Crippen molar-refractivity contribution in [1.29, 1.82) is 0 Å². The van der Waals surface area contributed by atoms with Crippen LogP contribution in [0.1, 0.15) is 73.3 Å². The minimum absolute atomic E-state index is 0. The summed E-state index contributed by atoms with van der Waals surface area (Å²) in [6.45, 7) is 11.9. The number of carbonyl (C=O) groups excluding carboxylic acids is 1. The van der Waals surface area contributed by atoms with Gasteiger partial charge in [0.1, 0.15) is 0 Å². The molecule has 248 valence electrons. The van der Waals surface area contributed by atoms with Crippen LogP contribution >= 0.6 is 12.4 Å². The predicted octanol–water partition coefficient (Wildman–Crippen LogP) is 8.30. The zero-order valence-electron chi connectivity index (χ0n) is 26.8. The third-order valence-corrected chi connectivity index (χ3v) is 9.32. The topological polar surface area (TPSA) is 55.0 Å². The van der Waals surface area contributed by atoms with E-state index in [0.29, 0.717) is 23.8 Å². The first-order valence-corrected chi connectivity index (χ1v) is 15.9. The van der Waals surface area contributed by atoms with Gasteiger partial charge in [0.05, 0.1) is 19.6 Å². The van der Waals surface area contributed by atoms with Gasteiger partial charge in [-0.25, -0.2) is 4.85 Å². The Bertz CT molecular complexity index is 1540. The molecule has 0 atom stereocenters. The van der Waals surface area contributed by atoms with E-state index in [2.05, 4.69) is 33.9 Å². The Kier molecular flexibility index (Phi) is 11.7. The maximum atomic E-state index is 13.7. The Labute approximate surface area is 275 Å². The fraction of sp³-hybridized carbons (Fsp3) is 0.514. The number of hydrogen-bond donors (Lipinski definition) is 0. The first-order valence-electron chi connectivity index (χ1n) is 15.9. The van der Waals surface area contributed by atoms with Gasteiger partial charge in [-0.15, -0.1) is 12.4 Å². The molecule has 3 aromatic rings. The van der Waals surface area contributed by atoms with Crippen LogP contribution in [0.2, 0.25) is 0 Å². The number of rotatable bonds is 10. The number of esters is 1. The first kappa shape index (κ1) is 35.1. The average molecular weight is 658 g/mol. The van der Waals surface area contributed by atoms with E-state index in [4.69, 9.17) is 11.3 Å². The van der Waals surface area contributed by atoms with Gasteiger partial charge >= 0.3 is 12.1 Å². The number of ether oxygens (including phenoxy) is 1. The number of fused-ring (bicyclic) bond motifs is 1. The third-order valence-electron chi connectivity index (χ3n) is 9.32. The number of alkyl halides is 3. The van der Waals surface area contributed by atoms with Gasteiger partial charge in [0.2, 0.25) is 0 Å². The van der Waals surface area contributed by atoms with Crippen LogP contribution in [0.15, 0.2) is 42.6 Å². The molecule has 0 spiro atoms. The van der Waals surface area contributed by atoms with Gasteiger partial charge in [0.25, 0.3) is 0 Å². The minimum atomic E-state index is -4.55. The number of halogens is 4. The van der Waals surface area contributed by atoms with Crippen molar-refractivity contribution in [2.24, 2.45) is 18.9 Å². The molecule has 0 bridgehead atoms. The molecule has 1 saturated carbocycles. The van der Waals surface area contributed by atoms with Crippen LogP contribution in [-0.4, -0.2) is 35.9 Å². The molecule has 2 aliphatic rings. The van der Waals surface area contributed by atoms with Crippen LogP contribution in [0.3, 0.4) is 0 Å². The number of aromatic nitrogens is 2. The summed E-state index contributed by atoms with van der Waals surface area (Å²) in [4.78, 5) is 19.9. The molecule has 0 N–H and O–H groups in total. The van der Waals surface area contributed by atoms with Crippen molar-refractivity contribution >= 4 is 35.6 Å². The van der Waals surface area contributed by atoms with E-state index in [-0.39, 0.29) is 36.5 Å². The average Bonchev–Trinajstić information content (AvgIpc) is 3.48. The van der Waals surface area contributed by atoms with Gasteiger partial charge in [-0.05, 0) is 105 Å². The number of nitrogens with zero attached hydrogens (tertiary/aromatic N) is 5. The Morgan fingerprint density at radius 1 is 1.04 bits per heavy atom. The summed E-state index contributed by atoms with van der Waals surface area (Å²) in [6.07, 6.45) is 5.24. The van der Waals surface area contributed by atoms with Crippen molar-refractivity contribution in [2.45, 2.75) is 77.6 Å². The molecule has 11 heteroatoms. The summed E-state index contributed by atoms with van der Waals surface area (Å²) in [5.74, 6) is 0.981. The molecule has 0 amide bonds. The van der Waals surface area contributed by atoms with Gasteiger partial charge in [0.15, 0.2) is 11.5 Å². The second-order valence-electron chi connectivity index (χ2n) is 12.4. The van der Waals surface area contributed by atoms with Gasteiger partial charge in [0, 0.05) is 56.7 Å². The zero-order chi connectivity index (χ0) is 32.1. The standard InChI is InChI=1S/C35H42F3N5O2.ClH/c1-5-42(21-24-10-12-26(13-11-24)34(44)45-4)32-19-28-9-7-6-8-27(28)18-29(32)23-43(33-14-15-41(3)40-33)22-25-16-30(35(36,37)38)20-31(17-25)39-2;/h14-20,24,26H,5-13,21-23H2,1,3-4H3;1H. The Morgan fingerprint density at radius 2 is 1.74 bits per heavy atom. The van der Waals surface area contributed by atoms with E-state index in [1.807, 2.05) is 24.2 Å². The molecule has 1 heterocycles. The van der Waals surface area contributed by atoms with E-state index >= 15 is 0 Å². The lowest BCUT2D eigenvalue weighted by Crippen LogP contribution is -2.34. The van der Waals surface area contributed by atoms with E-state index in [1.165, 1.54) is 24.3 Å². The summed E-state index contributed by atoms with van der Waals surface area (Å²) < 4.78 is 47.9. The molecule has 7 nitrogen and oxygen atoms in total. The molecule has 0 aliphatic heterocycles. The highest BCUT2D eigenvalue weighted by molar-refractivity contribution is 5.85. The van der Waals surface area contributed by atoms with Crippen LogP contribution < -0.4 is 9.80 Å². The second-order valence-corrected chi connectivity index (χ2v) is 12.4. The van der Waals surface area contributed by atoms with Crippen LogP contribution in [0, 0.1) is 18.4 Å². The fourth-order valence-corrected chi connectivity index (χ4v) is 6.91. The monoisotopic (exact) mass is 657 g/mol. The molecule has 2 aromatic carbocycles. The van der Waals surface area contributed by atoms with E-state index in [1.54, 1.807) is 4.68 Å². The highest BCUT2D eigenvalue weighted by Crippen LogP contribution is 2.37. The number of methoxy groups -OCH3 is 1. The van der Waals surface area contributed by atoms with Gasteiger partial charge in [-0.1, -0.05) is 12.1 Å². The maximum Gasteiger partial charge on any atom is 0.415 e. The normalized spacial score (nSPS) is 17.8. The van der Waals surface area contributed by atoms with Gasteiger partial charge < -0.3 is 14.5 Å². The molecule has 2 aliphatic carbocycles. The predicted molar refractivity (Wildman–Crippen MR) is 176 cm³/mol. The van der Waals surface area contributed by atoms with Crippen molar-refractivity contribution in [3.63, 3.8) is 0 Å². The molecule has 0 saturated heterocycles. The molecule has 0 radical (unpaired) electrons. The molecule has 1 fully saturated rings. The van der Waals surface area contributed by atoms with Crippen molar-refractivity contribution in [2.75, 3.05) is 30.0 Å². The molecular formula is C35H43ClF3N5O2. The van der Waals surface area contributed by atoms with Gasteiger partial charge in [-0.2, -0.15) is 18.3 Å². The quantitative estimate of drug-likeness (QED) is 0.162. The zero-order valence-corrected chi connectivity index (χ0v) is 27.6. The van der Waals surface area contributed by atoms with Gasteiger partial charge in [-0.3, -0.25) is 9.48 Å². The number of anilines is 2. The lowest BCUT2D eigenvalue weighted by Gasteiger charge is -2.35. The van der Waals surface area contributed by atoms with Crippen molar-refractivity contribution in [3.05, 3.63) is 81.8 Å². The van der Waals surface area contributed by atoms with Crippen molar-refractivity contribution in [3.8, 4) is 0 Å². The molecule has 5 rings (SSSR count). The van der Waals surface area contributed by atoms with Crippen molar-refractivity contribution < 1.29 is 22.7 Å². The van der Waals surface area contributed by atoms with Crippen LogP contribution in [-0.2, 0) is 48.7 Å². The highest BCUT2D eigenvalue weighted by atomic mass is 35.5. The molecular weight excluding hydrogens is 615 g/mol. The Balaban J connectivity index is 0.00000480. The van der Waals surface area contributed by atoms with E-state index in [9.17, 15) is 18.0 Å². The summed E-state index contributed by atoms with van der Waals surface area (Å²) in [5, 5.41) is 4.63. The fourth-order valence-electron chi connectivity index (χ4n) is 6.91. The largest absolute Gasteiger partial charge is 0.469 e. The maximum absolute atomic E-state index is 13.7. The minimum Gasteiger partial charge on any atom is -0.469 e. The highest BCUT2D eigenvalue weighted by Gasteiger charge is 2.32. The number of aryl methyl sites for hydroxylation is 3. The number of hydrogen-bond acceptors (Lipinski definition) is 5. The lowest BCUT2D eigenvalue weighted by molar-refractivity contribution is -0.146.